The fraction of sp³-hybridized carbons (Fsp3) is 0.667. The molecule has 2 unspecified atom stereocenters. The Bertz CT molecular complexity index is 1050. The highest BCUT2D eigenvalue weighted by atomic mass is 16.5. The summed E-state index contributed by atoms with van der Waals surface area (Å²) >= 11 is 0. The topological polar surface area (TPSA) is 94.5 Å². The lowest BCUT2D eigenvalue weighted by atomic mass is 10.0. The zero-order valence-corrected chi connectivity index (χ0v) is 29.8. The second-order valence-corrected chi connectivity index (χ2v) is 12.3. The predicted octanol–water partition coefficient (Wildman–Crippen LogP) is 9.06. The molecule has 7 heteroatoms. The highest BCUT2D eigenvalue weighted by molar-refractivity contribution is 5.78. The van der Waals surface area contributed by atoms with Crippen molar-refractivity contribution in [2.75, 3.05) is 28.4 Å². The van der Waals surface area contributed by atoms with Gasteiger partial charge in [-0.05, 0) is 61.1 Å². The van der Waals surface area contributed by atoms with Crippen LogP contribution in [-0.4, -0.2) is 56.6 Å². The van der Waals surface area contributed by atoms with Crippen molar-refractivity contribution in [1.82, 2.24) is 0 Å². The van der Waals surface area contributed by atoms with E-state index in [2.05, 4.69) is 13.8 Å². The second-order valence-electron chi connectivity index (χ2n) is 12.3. The second kappa shape index (κ2) is 26.3. The molecule has 0 aromatic heterocycles. The Morgan fingerprint density at radius 1 is 0.565 bits per heavy atom. The van der Waals surface area contributed by atoms with Gasteiger partial charge in [0.25, 0.3) is 0 Å². The fourth-order valence-electron chi connectivity index (χ4n) is 5.54. The van der Waals surface area contributed by atoms with Crippen LogP contribution in [-0.2, 0) is 17.6 Å². The maximum absolute atomic E-state index is 11.9. The summed E-state index contributed by atoms with van der Waals surface area (Å²) in [5.74, 6) is 2.90. The number of hydrogen-bond donors (Lipinski definition) is 2. The monoisotopic (exact) mass is 644 g/mol. The number of rotatable bonds is 25. The quantitative estimate of drug-likeness (QED) is 0.104. The molecule has 0 bridgehead atoms. The molecule has 0 amide bonds. The van der Waals surface area contributed by atoms with Crippen molar-refractivity contribution in [3.05, 3.63) is 47.5 Å². The zero-order chi connectivity index (χ0) is 34.0. The average Bonchev–Trinajstić information content (AvgIpc) is 3.05. The van der Waals surface area contributed by atoms with Crippen LogP contribution in [0.4, 0.5) is 0 Å². The van der Waals surface area contributed by atoms with Crippen molar-refractivity contribution >= 4 is 5.78 Å². The van der Waals surface area contributed by atoms with Crippen LogP contribution in [0.5, 0.6) is 23.0 Å². The van der Waals surface area contributed by atoms with E-state index in [0.717, 1.165) is 48.3 Å². The van der Waals surface area contributed by atoms with Crippen LogP contribution >= 0.6 is 0 Å². The van der Waals surface area contributed by atoms with E-state index in [9.17, 15) is 15.0 Å². The number of Topliss-reactive ketones (excluding diaryl/α,β-unsaturated/α-hetero) is 1. The molecule has 262 valence electrons. The Morgan fingerprint density at radius 3 is 1.43 bits per heavy atom. The Kier molecular flexibility index (Phi) is 23.6. The van der Waals surface area contributed by atoms with Crippen LogP contribution in [0, 0.1) is 0 Å². The van der Waals surface area contributed by atoms with Gasteiger partial charge in [0.1, 0.15) is 5.78 Å². The minimum absolute atomic E-state index is 0.148. The number of carbonyl (C=O) groups is 1. The lowest BCUT2D eigenvalue weighted by Gasteiger charge is -2.13. The van der Waals surface area contributed by atoms with Gasteiger partial charge in [0, 0.05) is 12.8 Å². The summed E-state index contributed by atoms with van der Waals surface area (Å²) < 4.78 is 21.0. The molecule has 0 radical (unpaired) electrons. The van der Waals surface area contributed by atoms with Crippen molar-refractivity contribution < 1.29 is 34.0 Å². The van der Waals surface area contributed by atoms with Crippen LogP contribution < -0.4 is 18.9 Å². The number of carbonyl (C=O) groups excluding carboxylic acids is 1. The molecule has 0 saturated carbocycles. The van der Waals surface area contributed by atoms with Crippen molar-refractivity contribution in [2.45, 2.75) is 142 Å². The number of hydrogen-bond acceptors (Lipinski definition) is 7. The molecule has 0 saturated heterocycles. The number of methoxy groups -OCH3 is 4. The molecule has 0 aliphatic heterocycles. The van der Waals surface area contributed by atoms with Gasteiger partial charge in [-0.2, -0.15) is 0 Å². The normalized spacial score (nSPS) is 12.1. The number of aliphatic hydroxyl groups excluding tert-OH is 2. The summed E-state index contributed by atoms with van der Waals surface area (Å²) in [7, 11) is 6.44. The molecule has 46 heavy (non-hydrogen) atoms. The highest BCUT2D eigenvalue weighted by Gasteiger charge is 2.13. The molecule has 0 heterocycles. The van der Waals surface area contributed by atoms with Gasteiger partial charge >= 0.3 is 0 Å². The highest BCUT2D eigenvalue weighted by Crippen LogP contribution is 2.29. The van der Waals surface area contributed by atoms with E-state index in [1.807, 2.05) is 36.4 Å². The lowest BCUT2D eigenvalue weighted by Crippen LogP contribution is -2.16. The number of aliphatic hydroxyl groups is 2. The molecule has 0 aliphatic rings. The van der Waals surface area contributed by atoms with Crippen molar-refractivity contribution in [3.8, 4) is 23.0 Å². The number of benzene rings is 2. The Morgan fingerprint density at radius 2 is 0.978 bits per heavy atom. The van der Waals surface area contributed by atoms with Gasteiger partial charge in [-0.25, -0.2) is 0 Å². The summed E-state index contributed by atoms with van der Waals surface area (Å²) in [6.45, 7) is 4.43. The summed E-state index contributed by atoms with van der Waals surface area (Å²) in [6, 6.07) is 11.4. The fourth-order valence-corrected chi connectivity index (χ4v) is 5.54. The Labute approximate surface area is 280 Å². The van der Waals surface area contributed by atoms with Gasteiger partial charge in [0.15, 0.2) is 23.0 Å². The van der Waals surface area contributed by atoms with E-state index >= 15 is 0 Å². The molecule has 0 spiro atoms. The van der Waals surface area contributed by atoms with Gasteiger partial charge in [0.2, 0.25) is 0 Å². The summed E-state index contributed by atoms with van der Waals surface area (Å²) in [6.07, 6.45) is 17.9. The van der Waals surface area contributed by atoms with E-state index in [1.165, 1.54) is 64.2 Å². The van der Waals surface area contributed by atoms with Gasteiger partial charge in [-0.1, -0.05) is 103 Å². The molecule has 7 nitrogen and oxygen atoms in total. The standard InChI is InChI=1S/C20H34O3.C19H30O4/c1-4-5-6-7-8-9-10-11-12-18(21)15-17-13-14-19(22-2)20(16-17)23-3;1-4-5-6-7-8-9-16(20)14-17(21)12-15-10-11-18(22-2)19(13-15)23-3/h13-14,16,18,21H,4-12,15H2,1-3H3;10-11,13,17,21H,4-9,12,14H2,1-3H3. The number of ketones is 1. The molecule has 2 N–H and O–H groups in total. The van der Waals surface area contributed by atoms with Crippen LogP contribution in [0.15, 0.2) is 36.4 Å². The molecule has 0 aliphatic carbocycles. The third-order valence-corrected chi connectivity index (χ3v) is 8.25. The SMILES string of the molecule is CCCCCCCC(=O)CC(O)Cc1ccc(OC)c(OC)c1.CCCCCCCCCCC(O)Cc1ccc(OC)c(OC)c1. The Hall–Kier alpha value is -2.77. The van der Waals surface area contributed by atoms with Gasteiger partial charge in [0.05, 0.1) is 40.6 Å². The summed E-state index contributed by atoms with van der Waals surface area (Å²) in [5, 5.41) is 20.3. The van der Waals surface area contributed by atoms with E-state index in [0.29, 0.717) is 30.8 Å². The van der Waals surface area contributed by atoms with Crippen molar-refractivity contribution in [1.29, 1.82) is 0 Å². The minimum atomic E-state index is -0.642. The first-order chi connectivity index (χ1) is 22.3. The minimum Gasteiger partial charge on any atom is -0.493 e. The number of ether oxygens (including phenoxy) is 4. The molecule has 2 rings (SSSR count). The van der Waals surface area contributed by atoms with Gasteiger partial charge in [-0.3, -0.25) is 4.79 Å². The zero-order valence-electron chi connectivity index (χ0n) is 29.8. The van der Waals surface area contributed by atoms with E-state index in [4.69, 9.17) is 18.9 Å². The molecule has 2 atom stereocenters. The van der Waals surface area contributed by atoms with Crippen LogP contribution in [0.1, 0.15) is 128 Å². The molecule has 2 aromatic rings. The number of unbranched alkanes of at least 4 members (excludes halogenated alkanes) is 11. The van der Waals surface area contributed by atoms with Crippen LogP contribution in [0.25, 0.3) is 0 Å². The summed E-state index contributed by atoms with van der Waals surface area (Å²) in [5.41, 5.74) is 2.03. The van der Waals surface area contributed by atoms with Crippen LogP contribution in [0.2, 0.25) is 0 Å². The van der Waals surface area contributed by atoms with E-state index < -0.39 is 6.10 Å². The third-order valence-electron chi connectivity index (χ3n) is 8.25. The Balaban J connectivity index is 0.000000460. The maximum Gasteiger partial charge on any atom is 0.160 e. The average molecular weight is 645 g/mol. The molecular formula is C39H64O7. The van der Waals surface area contributed by atoms with Gasteiger partial charge in [-0.15, -0.1) is 0 Å². The first-order valence-corrected chi connectivity index (χ1v) is 17.6. The van der Waals surface area contributed by atoms with Crippen LogP contribution in [0.3, 0.4) is 0 Å². The van der Waals surface area contributed by atoms with Gasteiger partial charge < -0.3 is 29.2 Å². The molecular weight excluding hydrogens is 580 g/mol. The largest absolute Gasteiger partial charge is 0.493 e. The predicted molar refractivity (Wildman–Crippen MR) is 189 cm³/mol. The smallest absolute Gasteiger partial charge is 0.160 e. The lowest BCUT2D eigenvalue weighted by molar-refractivity contribution is -0.121. The maximum atomic E-state index is 11.9. The summed E-state index contributed by atoms with van der Waals surface area (Å²) in [4.78, 5) is 11.9. The molecule has 2 aromatic carbocycles. The first kappa shape index (κ1) is 41.3. The van der Waals surface area contributed by atoms with E-state index in [1.54, 1.807) is 28.4 Å². The van der Waals surface area contributed by atoms with E-state index in [-0.39, 0.29) is 18.3 Å². The molecule has 0 fully saturated rings. The first-order valence-electron chi connectivity index (χ1n) is 17.6. The third kappa shape index (κ3) is 18.4. The van der Waals surface area contributed by atoms with Crippen molar-refractivity contribution in [2.24, 2.45) is 0 Å². The van der Waals surface area contributed by atoms with Crippen molar-refractivity contribution in [3.63, 3.8) is 0 Å².